The van der Waals surface area contributed by atoms with Gasteiger partial charge in [0.1, 0.15) is 42.8 Å². The Morgan fingerprint density at radius 2 is 1.14 bits per heavy atom. The Balaban J connectivity index is 0.000000237. The fraction of sp³-hybridized carbons (Fsp3) is 0.297. The van der Waals surface area contributed by atoms with E-state index in [1.165, 1.54) is 36.0 Å². The number of carbonyl (C=O) groups is 3. The van der Waals surface area contributed by atoms with Crippen molar-refractivity contribution in [2.24, 2.45) is 0 Å². The maximum Gasteiger partial charge on any atom is 0.433 e. The lowest BCUT2D eigenvalue weighted by atomic mass is 10.00. The number of anilines is 7. The van der Waals surface area contributed by atoms with Gasteiger partial charge < -0.3 is 48.5 Å². The van der Waals surface area contributed by atoms with Gasteiger partial charge in [0.05, 0.1) is 27.3 Å². The third-order valence-corrected chi connectivity index (χ3v) is 25.7. The molecule has 37 heteroatoms. The molecule has 0 saturated carbocycles. The van der Waals surface area contributed by atoms with Crippen molar-refractivity contribution < 1.29 is 66.5 Å². The van der Waals surface area contributed by atoms with E-state index in [1.54, 1.807) is 70.9 Å². The zero-order valence-corrected chi connectivity index (χ0v) is 65.4. The SMILES string of the molecule is C[C@H](C(=O)N1CCN(c2ccc(S(=O)(=O)Nc3cc(C(F)(F)F)ncn3)cc2)CC1)N1CCCc2cc(Cl)ccc21.C[C@H](C(=O)N1CCN(c2ccc(S(=O)(=O)Nc3ncns3)cc2)CC1)n1ccc2ccccc21.O=C(Cn1ccc2ccc(Cl)cc21)N1CCN(c2ccc(S(=O)(=O)Nc3nccs3)cc2)C[C@H]1CO.[HH].[HH].[HH].[HH].[HH].[HH]. The highest BCUT2D eigenvalue weighted by atomic mass is 35.5. The monoisotopic (exact) mass is 1660 g/mol. The summed E-state index contributed by atoms with van der Waals surface area (Å²) in [5.41, 5.74) is 5.39. The average Bonchev–Trinajstić information content (AvgIpc) is 1.80. The summed E-state index contributed by atoms with van der Waals surface area (Å²) in [6.07, 6.45) is 4.47. The number of alkyl halides is 3. The molecule has 9 heterocycles. The van der Waals surface area contributed by atoms with Crippen molar-refractivity contribution in [3.63, 3.8) is 0 Å². The van der Waals surface area contributed by atoms with Crippen molar-refractivity contribution in [2.45, 2.75) is 72.2 Å². The quantitative estimate of drug-likeness (QED) is 0.0584. The molecule has 0 bridgehead atoms. The third kappa shape index (κ3) is 18.6. The van der Waals surface area contributed by atoms with Crippen molar-refractivity contribution in [3.05, 3.63) is 210 Å². The number of aromatic nitrogens is 7. The van der Waals surface area contributed by atoms with Crippen molar-refractivity contribution in [1.29, 1.82) is 0 Å². The van der Waals surface area contributed by atoms with E-state index in [9.17, 15) is 57.9 Å². The summed E-state index contributed by atoms with van der Waals surface area (Å²) in [7, 11) is -11.6. The number of benzene rings is 6. The first-order chi connectivity index (χ1) is 53.2. The first kappa shape index (κ1) is 79.0. The number of fused-ring (bicyclic) bond motifs is 3. The van der Waals surface area contributed by atoms with E-state index in [0.717, 1.165) is 81.0 Å². The summed E-state index contributed by atoms with van der Waals surface area (Å²) < 4.78 is 129. The fourth-order valence-corrected chi connectivity index (χ4v) is 18.6. The van der Waals surface area contributed by atoms with Crippen LogP contribution in [0.4, 0.5) is 52.0 Å². The minimum absolute atomic E-state index is 0. The number of nitrogens with one attached hydrogen (secondary N) is 3. The molecule has 4 N–H and O–H groups in total. The first-order valence-corrected chi connectivity index (χ1v) is 42.1. The van der Waals surface area contributed by atoms with Gasteiger partial charge in [0.25, 0.3) is 30.1 Å². The van der Waals surface area contributed by atoms with Crippen LogP contribution in [-0.4, -0.2) is 193 Å². The average molecular weight is 1660 g/mol. The van der Waals surface area contributed by atoms with E-state index in [0.29, 0.717) is 99.6 Å². The summed E-state index contributed by atoms with van der Waals surface area (Å²) in [5.74, 6) is -0.410. The number of para-hydroxylation sites is 1. The Morgan fingerprint density at radius 1 is 0.586 bits per heavy atom. The zero-order valence-electron chi connectivity index (χ0n) is 59.8. The number of hydrogen-bond donors (Lipinski definition) is 4. The molecule has 3 atom stereocenters. The molecule has 3 fully saturated rings. The number of aliphatic hydroxyl groups is 1. The number of carbonyl (C=O) groups excluding carboxylic acids is 3. The molecule has 4 aliphatic heterocycles. The Hall–Kier alpha value is -10.1. The third-order valence-electron chi connectivity index (χ3n) is 19.6. The van der Waals surface area contributed by atoms with E-state index in [1.807, 2.05) is 123 Å². The van der Waals surface area contributed by atoms with Gasteiger partial charge in [-0.1, -0.05) is 47.5 Å². The molecule has 3 saturated heterocycles. The highest BCUT2D eigenvalue weighted by molar-refractivity contribution is 7.93. The van der Waals surface area contributed by atoms with Gasteiger partial charge in [-0.05, 0) is 164 Å². The number of halogens is 5. The first-order valence-electron chi connectivity index (χ1n) is 35.2. The van der Waals surface area contributed by atoms with Crippen molar-refractivity contribution in [1.82, 2.24) is 48.1 Å². The standard InChI is InChI=1S/C27H28ClF3N6O3S.C24H24ClN5O4S2.C23H24N6O3S2.6H2/c1-18(37-10-2-3-19-15-20(28)4-9-23(19)37)26(38)36-13-11-35(12-14-36)21-5-7-22(8-6-21)41(39,40)34-25-16-24(27(29,30)31)32-17-33-25;25-18-2-1-17-7-9-29(22(17)13-18)15-23(32)30-11-10-28(14-20(30)16-31)19-3-5-21(6-4-19)36(33,34)27-24-26-8-12-35-24;1-17(29-11-10-18-4-2-3-5-21(18)29)22(30)28-14-12-27(13-15-28)19-6-8-20(9-7-19)34(31,32)26-23-24-16-25-33-23;;;;;;/h4-9,15-18H,2-3,10-14H2,1H3,(H,32,33,34);1-9,12-13,20,31H,10-11,14-16H2,(H,26,27);2-11,16-17H,12-15H2,1H3,(H,24,25,26);6*1H/t18-;20-;17-;;;;;;/m101....../s1. The van der Waals surface area contributed by atoms with Crippen LogP contribution in [-0.2, 0) is 63.6 Å². The number of sulfonamides is 3. The summed E-state index contributed by atoms with van der Waals surface area (Å²) in [4.78, 5) is 68.3. The zero-order chi connectivity index (χ0) is 78.4. The van der Waals surface area contributed by atoms with Gasteiger partial charge in [-0.15, -0.1) is 11.3 Å². The summed E-state index contributed by atoms with van der Waals surface area (Å²) in [6, 6.07) is 42.2. The Labute approximate surface area is 665 Å². The molecule has 0 spiro atoms. The van der Waals surface area contributed by atoms with E-state index in [4.69, 9.17) is 23.2 Å². The van der Waals surface area contributed by atoms with Crippen molar-refractivity contribution >= 4 is 154 Å². The number of aryl methyl sites for hydroxylation is 1. The molecular formula is C74H88Cl2F3N17O10S5. The summed E-state index contributed by atoms with van der Waals surface area (Å²) in [6.45, 7) is 10.8. The number of thiazole rings is 1. The van der Waals surface area contributed by atoms with Gasteiger partial charge in [0.2, 0.25) is 22.9 Å². The van der Waals surface area contributed by atoms with Crippen molar-refractivity contribution in [3.8, 4) is 0 Å². The van der Waals surface area contributed by atoms with Gasteiger partial charge >= 0.3 is 6.18 Å². The second-order valence-corrected chi connectivity index (χ2v) is 34.1. The van der Waals surface area contributed by atoms with Crippen LogP contribution in [0.15, 0.2) is 203 Å². The van der Waals surface area contributed by atoms with Crippen LogP contribution in [0.5, 0.6) is 0 Å². The molecule has 111 heavy (non-hydrogen) atoms. The molecule has 594 valence electrons. The highest BCUT2D eigenvalue weighted by Crippen LogP contribution is 2.35. The molecule has 5 aromatic heterocycles. The molecule has 0 radical (unpaired) electrons. The maximum atomic E-state index is 13.4. The Kier molecular flexibility index (Phi) is 24.1. The number of rotatable bonds is 19. The lowest BCUT2D eigenvalue weighted by molar-refractivity contribution is -0.141. The number of nitrogens with zero attached hydrogens (tertiary/aromatic N) is 14. The van der Waals surface area contributed by atoms with E-state index < -0.39 is 47.8 Å². The van der Waals surface area contributed by atoms with Crippen LogP contribution in [0.1, 0.15) is 46.1 Å². The Bertz CT molecular complexity index is 5500. The van der Waals surface area contributed by atoms with E-state index in [2.05, 4.69) is 53.2 Å². The van der Waals surface area contributed by atoms with Gasteiger partial charge in [0.15, 0.2) is 5.13 Å². The lowest BCUT2D eigenvalue weighted by Crippen LogP contribution is -2.57. The molecule has 15 rings (SSSR count). The molecule has 0 unspecified atom stereocenters. The smallest absolute Gasteiger partial charge is 0.394 e. The second kappa shape index (κ2) is 33.8. The number of aliphatic hydroxyl groups excluding tert-OH is 1. The topological polar surface area (TPSA) is 307 Å². The minimum atomic E-state index is -4.73. The van der Waals surface area contributed by atoms with Crippen LogP contribution < -0.4 is 33.8 Å². The van der Waals surface area contributed by atoms with Gasteiger partial charge in [-0.25, -0.2) is 45.2 Å². The molecule has 4 aliphatic rings. The van der Waals surface area contributed by atoms with Crippen LogP contribution in [0, 0.1) is 0 Å². The van der Waals surface area contributed by atoms with E-state index >= 15 is 0 Å². The number of amides is 3. The molecular weight excluding hydrogens is 1580 g/mol. The molecule has 3 amide bonds. The highest BCUT2D eigenvalue weighted by Gasteiger charge is 2.36. The van der Waals surface area contributed by atoms with Crippen molar-refractivity contribution in [2.75, 3.05) is 119 Å². The predicted octanol–water partition coefficient (Wildman–Crippen LogP) is 12.4. The van der Waals surface area contributed by atoms with Gasteiger partial charge in [-0.3, -0.25) is 28.5 Å². The summed E-state index contributed by atoms with van der Waals surface area (Å²) in [5, 5.41) is 15.7. The molecule has 27 nitrogen and oxygen atoms in total. The number of piperazine rings is 3. The summed E-state index contributed by atoms with van der Waals surface area (Å²) >= 11 is 14.5. The van der Waals surface area contributed by atoms with Crippen LogP contribution in [0.25, 0.3) is 21.8 Å². The molecule has 6 aromatic carbocycles. The minimum Gasteiger partial charge on any atom is -0.394 e. The van der Waals surface area contributed by atoms with Gasteiger partial charge in [0, 0.05) is 172 Å². The van der Waals surface area contributed by atoms with Crippen LogP contribution in [0.3, 0.4) is 0 Å². The Morgan fingerprint density at radius 3 is 1.74 bits per heavy atom. The fourth-order valence-electron chi connectivity index (χ4n) is 13.8. The number of hydrogen-bond acceptors (Lipinski definition) is 21. The lowest BCUT2D eigenvalue weighted by Gasteiger charge is -2.42. The van der Waals surface area contributed by atoms with Crippen LogP contribution in [0.2, 0.25) is 10.0 Å². The second-order valence-electron chi connectivity index (χ2n) is 26.5. The maximum absolute atomic E-state index is 13.4. The van der Waals surface area contributed by atoms with Crippen LogP contribution >= 0.6 is 46.1 Å². The molecule has 0 aliphatic carbocycles. The normalized spacial score (nSPS) is 16.3. The van der Waals surface area contributed by atoms with E-state index in [-0.39, 0.29) is 77.4 Å². The predicted molar refractivity (Wildman–Crippen MR) is 436 cm³/mol. The largest absolute Gasteiger partial charge is 0.433 e. The molecule has 11 aromatic rings. The van der Waals surface area contributed by atoms with Gasteiger partial charge in [-0.2, -0.15) is 17.5 Å².